The van der Waals surface area contributed by atoms with Crippen molar-refractivity contribution in [2.45, 2.75) is 297 Å². The fourth-order valence-electron chi connectivity index (χ4n) is 8.14. The second-order valence-corrected chi connectivity index (χ2v) is 18.9. The molecule has 0 bridgehead atoms. The van der Waals surface area contributed by atoms with Crippen molar-refractivity contribution in [3.63, 3.8) is 0 Å². The molecule has 1 atom stereocenters. The molecule has 0 aliphatic rings. The molecule has 6 nitrogen and oxygen atoms in total. The van der Waals surface area contributed by atoms with Crippen LogP contribution in [0.1, 0.15) is 290 Å². The zero-order valence-corrected chi connectivity index (χ0v) is 43.3. The van der Waals surface area contributed by atoms with Crippen molar-refractivity contribution in [2.75, 3.05) is 13.2 Å². The van der Waals surface area contributed by atoms with E-state index in [1.807, 2.05) is 0 Å². The van der Waals surface area contributed by atoms with Gasteiger partial charge < -0.3 is 14.2 Å². The summed E-state index contributed by atoms with van der Waals surface area (Å²) in [5.41, 5.74) is 0. The third kappa shape index (κ3) is 52.2. The molecule has 0 aromatic carbocycles. The van der Waals surface area contributed by atoms with Crippen molar-refractivity contribution in [3.8, 4) is 0 Å². The Bertz CT molecular complexity index is 1140. The van der Waals surface area contributed by atoms with E-state index >= 15 is 0 Å². The highest BCUT2D eigenvalue weighted by molar-refractivity contribution is 5.71. The van der Waals surface area contributed by atoms with E-state index in [1.54, 1.807) is 0 Å². The Morgan fingerprint density at radius 3 is 0.969 bits per heavy atom. The van der Waals surface area contributed by atoms with E-state index in [0.29, 0.717) is 19.3 Å². The maximum Gasteiger partial charge on any atom is 0.306 e. The smallest absolute Gasteiger partial charge is 0.306 e. The number of hydrogen-bond acceptors (Lipinski definition) is 6. The van der Waals surface area contributed by atoms with Crippen LogP contribution in [0.3, 0.4) is 0 Å². The van der Waals surface area contributed by atoms with Crippen LogP contribution in [-0.2, 0) is 28.6 Å². The first-order chi connectivity index (χ1) is 32.0. The monoisotopic (exact) mass is 911 g/mol. The molecule has 0 aromatic rings. The first kappa shape index (κ1) is 62.4. The maximum absolute atomic E-state index is 12.8. The van der Waals surface area contributed by atoms with Crippen LogP contribution in [0.25, 0.3) is 0 Å². The summed E-state index contributed by atoms with van der Waals surface area (Å²) in [6.45, 7) is 6.52. The van der Waals surface area contributed by atoms with Crippen LogP contribution < -0.4 is 0 Å². The molecule has 0 radical (unpaired) electrons. The second-order valence-electron chi connectivity index (χ2n) is 18.9. The number of allylic oxidation sites excluding steroid dienone is 8. The Hall–Kier alpha value is -2.63. The highest BCUT2D eigenvalue weighted by Gasteiger charge is 2.19. The van der Waals surface area contributed by atoms with Gasteiger partial charge in [-0.05, 0) is 64.2 Å². The molecule has 0 N–H and O–H groups in total. The molecule has 0 aliphatic carbocycles. The zero-order chi connectivity index (χ0) is 47.2. The van der Waals surface area contributed by atoms with Crippen LogP contribution in [0.15, 0.2) is 48.6 Å². The summed E-state index contributed by atoms with van der Waals surface area (Å²) in [7, 11) is 0. The average Bonchev–Trinajstić information content (AvgIpc) is 3.30. The highest BCUT2D eigenvalue weighted by atomic mass is 16.6. The standard InChI is InChI=1S/C59H106O6/c1-4-7-10-13-16-19-22-25-28-29-30-32-34-37-40-43-46-49-52-58(61)64-55-56(54-63-57(60)51-48-45-42-39-36-33-27-24-21-18-15-12-9-6-3)65-59(62)53-50-47-44-41-38-35-31-26-23-20-17-14-11-8-5-2/h8,11,14,17,20,23,30,32,56H,4-7,9-10,12-13,15-16,18-19,21-22,24-29,31,33-55H2,1-3H3/b11-8-,17-14-,23-20-,32-30-. The number of hydrogen-bond donors (Lipinski definition) is 0. The molecule has 0 saturated carbocycles. The fraction of sp³-hybridized carbons (Fsp3) is 0.814. The Morgan fingerprint density at radius 2 is 0.615 bits per heavy atom. The molecule has 378 valence electrons. The van der Waals surface area contributed by atoms with E-state index < -0.39 is 6.10 Å². The molecule has 0 rings (SSSR count). The molecule has 0 aromatic heterocycles. The van der Waals surface area contributed by atoms with Crippen LogP contribution >= 0.6 is 0 Å². The normalized spacial score (nSPS) is 12.4. The lowest BCUT2D eigenvalue weighted by Crippen LogP contribution is -2.30. The lowest BCUT2D eigenvalue weighted by molar-refractivity contribution is -0.167. The number of carbonyl (C=O) groups excluding carboxylic acids is 3. The van der Waals surface area contributed by atoms with Crippen LogP contribution in [0.4, 0.5) is 0 Å². The minimum atomic E-state index is -0.780. The molecule has 0 saturated heterocycles. The molecular formula is C59H106O6. The summed E-state index contributed by atoms with van der Waals surface area (Å²) in [4.78, 5) is 38.1. The van der Waals surface area contributed by atoms with Gasteiger partial charge in [0.1, 0.15) is 13.2 Å². The first-order valence-electron chi connectivity index (χ1n) is 28.2. The number of carbonyl (C=O) groups is 3. The SMILES string of the molecule is CC\C=C/C=C\C=C/CCCCCCCCCC(=O)OC(COC(=O)CCCCCCC/C=C\CCCCCCCCCCC)COC(=O)CCCCCCCCCCCCCCCC. The first-order valence-corrected chi connectivity index (χ1v) is 28.2. The third-order valence-electron chi connectivity index (χ3n) is 12.4. The van der Waals surface area contributed by atoms with E-state index in [4.69, 9.17) is 14.2 Å². The van der Waals surface area contributed by atoms with Crippen LogP contribution in [-0.4, -0.2) is 37.2 Å². The van der Waals surface area contributed by atoms with Gasteiger partial charge in [0.05, 0.1) is 0 Å². The molecular weight excluding hydrogens is 805 g/mol. The molecule has 0 spiro atoms. The van der Waals surface area contributed by atoms with Gasteiger partial charge in [0.15, 0.2) is 6.10 Å². The molecule has 6 heteroatoms. The summed E-state index contributed by atoms with van der Waals surface area (Å²) in [5.74, 6) is -0.886. The number of esters is 3. The van der Waals surface area contributed by atoms with Crippen molar-refractivity contribution >= 4 is 17.9 Å². The van der Waals surface area contributed by atoms with Crippen molar-refractivity contribution < 1.29 is 28.6 Å². The van der Waals surface area contributed by atoms with E-state index in [1.165, 1.54) is 173 Å². The van der Waals surface area contributed by atoms with Gasteiger partial charge in [-0.1, -0.05) is 256 Å². The van der Waals surface area contributed by atoms with Gasteiger partial charge in [-0.2, -0.15) is 0 Å². The predicted octanol–water partition coefficient (Wildman–Crippen LogP) is 18.7. The Morgan fingerprint density at radius 1 is 0.323 bits per heavy atom. The number of unbranched alkanes of at least 4 members (excludes halogenated alkanes) is 34. The van der Waals surface area contributed by atoms with Crippen molar-refractivity contribution in [2.24, 2.45) is 0 Å². The van der Waals surface area contributed by atoms with Gasteiger partial charge in [-0.25, -0.2) is 0 Å². The van der Waals surface area contributed by atoms with Gasteiger partial charge in [0.2, 0.25) is 0 Å². The molecule has 65 heavy (non-hydrogen) atoms. The summed E-state index contributed by atoms with van der Waals surface area (Å²) >= 11 is 0. The van der Waals surface area contributed by atoms with Gasteiger partial charge in [0.25, 0.3) is 0 Å². The summed E-state index contributed by atoms with van der Waals surface area (Å²) < 4.78 is 16.8. The van der Waals surface area contributed by atoms with Crippen LogP contribution in [0.5, 0.6) is 0 Å². The van der Waals surface area contributed by atoms with E-state index in [-0.39, 0.29) is 31.1 Å². The van der Waals surface area contributed by atoms with Gasteiger partial charge >= 0.3 is 17.9 Å². The predicted molar refractivity (Wildman–Crippen MR) is 279 cm³/mol. The topological polar surface area (TPSA) is 78.9 Å². The second kappa shape index (κ2) is 54.0. The molecule has 1 unspecified atom stereocenters. The van der Waals surface area contributed by atoms with Crippen LogP contribution in [0, 0.1) is 0 Å². The zero-order valence-electron chi connectivity index (χ0n) is 43.3. The minimum Gasteiger partial charge on any atom is -0.462 e. The highest BCUT2D eigenvalue weighted by Crippen LogP contribution is 2.16. The van der Waals surface area contributed by atoms with E-state index in [9.17, 15) is 14.4 Å². The van der Waals surface area contributed by atoms with Crippen molar-refractivity contribution in [3.05, 3.63) is 48.6 Å². The van der Waals surface area contributed by atoms with Crippen LogP contribution in [0.2, 0.25) is 0 Å². The van der Waals surface area contributed by atoms with Gasteiger partial charge in [-0.15, -0.1) is 0 Å². The maximum atomic E-state index is 12.8. The van der Waals surface area contributed by atoms with E-state index in [0.717, 1.165) is 77.0 Å². The number of ether oxygens (including phenoxy) is 3. The lowest BCUT2D eigenvalue weighted by atomic mass is 10.0. The Balaban J connectivity index is 4.36. The quantitative estimate of drug-likeness (QED) is 0.0199. The molecule has 0 fully saturated rings. The van der Waals surface area contributed by atoms with Gasteiger partial charge in [-0.3, -0.25) is 14.4 Å². The Kier molecular flexibility index (Phi) is 51.8. The number of rotatable bonds is 51. The Labute approximate surface area is 403 Å². The van der Waals surface area contributed by atoms with Crippen molar-refractivity contribution in [1.82, 2.24) is 0 Å². The molecule has 0 aliphatic heterocycles. The summed E-state index contributed by atoms with van der Waals surface area (Å²) in [6.07, 6.45) is 65.2. The average molecular weight is 911 g/mol. The van der Waals surface area contributed by atoms with Gasteiger partial charge in [0, 0.05) is 19.3 Å². The van der Waals surface area contributed by atoms with Crippen molar-refractivity contribution in [1.29, 1.82) is 0 Å². The minimum absolute atomic E-state index is 0.0779. The third-order valence-corrected chi connectivity index (χ3v) is 12.4. The molecule has 0 heterocycles. The largest absolute Gasteiger partial charge is 0.462 e. The fourth-order valence-corrected chi connectivity index (χ4v) is 8.14. The van der Waals surface area contributed by atoms with E-state index in [2.05, 4.69) is 69.4 Å². The summed E-state index contributed by atoms with van der Waals surface area (Å²) in [5, 5.41) is 0. The molecule has 0 amide bonds. The lowest BCUT2D eigenvalue weighted by Gasteiger charge is -2.18. The summed E-state index contributed by atoms with van der Waals surface area (Å²) in [6, 6.07) is 0.